The second-order valence-corrected chi connectivity index (χ2v) is 6.42. The molecular weight excluding hydrogens is 240 g/mol. The van der Waals surface area contributed by atoms with Crippen LogP contribution in [0.25, 0.3) is 0 Å². The molecule has 0 bridgehead atoms. The third-order valence-electron chi connectivity index (χ3n) is 4.59. The topological polar surface area (TPSA) is 49.4 Å². The maximum atomic E-state index is 12.3. The molecule has 2 amide bonds. The first-order valence-electron chi connectivity index (χ1n) is 7.59. The van der Waals surface area contributed by atoms with E-state index in [0.29, 0.717) is 24.9 Å². The summed E-state index contributed by atoms with van der Waals surface area (Å²) in [4.78, 5) is 25.9. The molecule has 19 heavy (non-hydrogen) atoms. The molecule has 1 saturated heterocycles. The largest absolute Gasteiger partial charge is 0.353 e. The predicted molar refractivity (Wildman–Crippen MR) is 74.5 cm³/mol. The first kappa shape index (κ1) is 14.4. The fourth-order valence-electron chi connectivity index (χ4n) is 3.24. The molecule has 4 nitrogen and oxygen atoms in total. The van der Waals surface area contributed by atoms with Gasteiger partial charge in [-0.3, -0.25) is 9.59 Å². The van der Waals surface area contributed by atoms with Gasteiger partial charge in [0.25, 0.3) is 0 Å². The zero-order valence-corrected chi connectivity index (χ0v) is 12.3. The normalized spacial score (nSPS) is 31.9. The van der Waals surface area contributed by atoms with E-state index in [0.717, 1.165) is 6.42 Å². The van der Waals surface area contributed by atoms with E-state index in [1.807, 2.05) is 18.7 Å². The number of rotatable bonds is 3. The highest BCUT2D eigenvalue weighted by atomic mass is 16.2. The summed E-state index contributed by atoms with van der Waals surface area (Å²) >= 11 is 0. The van der Waals surface area contributed by atoms with Crippen molar-refractivity contribution in [3.05, 3.63) is 0 Å². The zero-order valence-electron chi connectivity index (χ0n) is 12.3. The minimum atomic E-state index is -0.149. The number of amides is 2. The van der Waals surface area contributed by atoms with Crippen molar-refractivity contribution in [3.63, 3.8) is 0 Å². The monoisotopic (exact) mass is 266 g/mol. The lowest BCUT2D eigenvalue weighted by Crippen LogP contribution is -2.44. The zero-order chi connectivity index (χ0) is 14.0. The quantitative estimate of drug-likeness (QED) is 0.848. The maximum absolute atomic E-state index is 12.3. The fraction of sp³-hybridized carbons (Fsp3) is 0.867. The van der Waals surface area contributed by atoms with Gasteiger partial charge in [0, 0.05) is 25.0 Å². The Morgan fingerprint density at radius 2 is 2.00 bits per heavy atom. The molecule has 1 N–H and O–H groups in total. The summed E-state index contributed by atoms with van der Waals surface area (Å²) in [6.45, 7) is 6.80. The summed E-state index contributed by atoms with van der Waals surface area (Å²) in [5.74, 6) is 0.613. The Morgan fingerprint density at radius 1 is 1.32 bits per heavy atom. The lowest BCUT2D eigenvalue weighted by Gasteiger charge is -2.30. The van der Waals surface area contributed by atoms with Gasteiger partial charge in [-0.1, -0.05) is 19.8 Å². The highest BCUT2D eigenvalue weighted by Gasteiger charge is 2.36. The lowest BCUT2D eigenvalue weighted by molar-refractivity contribution is -0.130. The van der Waals surface area contributed by atoms with Crippen molar-refractivity contribution in [2.75, 3.05) is 6.54 Å². The fourth-order valence-corrected chi connectivity index (χ4v) is 3.24. The van der Waals surface area contributed by atoms with Gasteiger partial charge in [0.05, 0.1) is 5.92 Å². The molecule has 2 fully saturated rings. The summed E-state index contributed by atoms with van der Waals surface area (Å²) < 4.78 is 0. The lowest BCUT2D eigenvalue weighted by atomic mass is 9.85. The van der Waals surface area contributed by atoms with Gasteiger partial charge in [-0.15, -0.1) is 0 Å². The summed E-state index contributed by atoms with van der Waals surface area (Å²) in [7, 11) is 0. The van der Waals surface area contributed by atoms with Gasteiger partial charge in [0.15, 0.2) is 0 Å². The van der Waals surface area contributed by atoms with Crippen molar-refractivity contribution in [2.24, 2.45) is 11.8 Å². The first-order valence-corrected chi connectivity index (χ1v) is 7.59. The average Bonchev–Trinajstić information content (AvgIpc) is 2.74. The SMILES string of the molecule is CC(C)N1C[C@@H](C(=O)N[C@@H]2CCCC[C@H]2C)CC1=O. The van der Waals surface area contributed by atoms with Crippen LogP contribution in [0.1, 0.15) is 52.9 Å². The van der Waals surface area contributed by atoms with E-state index in [1.54, 1.807) is 0 Å². The molecule has 0 aromatic heterocycles. The van der Waals surface area contributed by atoms with Crippen LogP contribution in [0.4, 0.5) is 0 Å². The van der Waals surface area contributed by atoms with Gasteiger partial charge in [0.1, 0.15) is 0 Å². The number of hydrogen-bond donors (Lipinski definition) is 1. The third-order valence-corrected chi connectivity index (χ3v) is 4.59. The van der Waals surface area contributed by atoms with Crippen LogP contribution >= 0.6 is 0 Å². The molecule has 2 aliphatic rings. The van der Waals surface area contributed by atoms with E-state index in [4.69, 9.17) is 0 Å². The molecule has 0 aromatic carbocycles. The second-order valence-electron chi connectivity index (χ2n) is 6.42. The summed E-state index contributed by atoms with van der Waals surface area (Å²) in [6.07, 6.45) is 5.15. The van der Waals surface area contributed by atoms with Crippen LogP contribution in [-0.2, 0) is 9.59 Å². The van der Waals surface area contributed by atoms with E-state index >= 15 is 0 Å². The van der Waals surface area contributed by atoms with Crippen LogP contribution in [0.5, 0.6) is 0 Å². The van der Waals surface area contributed by atoms with Crippen molar-refractivity contribution in [1.82, 2.24) is 10.2 Å². The molecule has 4 heteroatoms. The van der Waals surface area contributed by atoms with Crippen LogP contribution in [0.2, 0.25) is 0 Å². The Labute approximate surface area is 115 Å². The number of hydrogen-bond acceptors (Lipinski definition) is 2. The van der Waals surface area contributed by atoms with E-state index in [9.17, 15) is 9.59 Å². The third kappa shape index (κ3) is 3.28. The van der Waals surface area contributed by atoms with Gasteiger partial charge >= 0.3 is 0 Å². The molecule has 1 aliphatic carbocycles. The number of nitrogens with one attached hydrogen (secondary N) is 1. The summed E-state index contributed by atoms with van der Waals surface area (Å²) in [5.41, 5.74) is 0. The number of carbonyl (C=O) groups is 2. The van der Waals surface area contributed by atoms with Crippen LogP contribution in [0, 0.1) is 11.8 Å². The minimum absolute atomic E-state index is 0.0789. The van der Waals surface area contributed by atoms with Crippen LogP contribution in [-0.4, -0.2) is 35.3 Å². The van der Waals surface area contributed by atoms with Crippen LogP contribution in [0.3, 0.4) is 0 Å². The molecule has 0 radical (unpaired) electrons. The maximum Gasteiger partial charge on any atom is 0.225 e. The first-order chi connectivity index (χ1) is 8.99. The van der Waals surface area contributed by atoms with Gasteiger partial charge in [0.2, 0.25) is 11.8 Å². The van der Waals surface area contributed by atoms with E-state index in [2.05, 4.69) is 12.2 Å². The molecule has 0 spiro atoms. The van der Waals surface area contributed by atoms with Crippen molar-refractivity contribution >= 4 is 11.8 Å². The summed E-state index contributed by atoms with van der Waals surface area (Å²) in [5, 5.41) is 3.17. The van der Waals surface area contributed by atoms with Gasteiger partial charge in [-0.2, -0.15) is 0 Å². The molecule has 1 aliphatic heterocycles. The number of carbonyl (C=O) groups excluding carboxylic acids is 2. The molecule has 3 atom stereocenters. The molecule has 1 heterocycles. The van der Waals surface area contributed by atoms with Crippen molar-refractivity contribution in [1.29, 1.82) is 0 Å². The van der Waals surface area contributed by atoms with Gasteiger partial charge in [-0.05, 0) is 32.6 Å². The highest BCUT2D eigenvalue weighted by Crippen LogP contribution is 2.25. The standard InChI is InChI=1S/C15H26N2O2/c1-10(2)17-9-12(8-14(17)18)15(19)16-13-7-5-4-6-11(13)3/h10-13H,4-9H2,1-3H3,(H,16,19)/t11-,12+,13-/m1/s1. The van der Waals surface area contributed by atoms with Crippen LogP contribution in [0.15, 0.2) is 0 Å². The smallest absolute Gasteiger partial charge is 0.225 e. The Balaban J connectivity index is 1.89. The highest BCUT2D eigenvalue weighted by molar-refractivity contribution is 5.89. The van der Waals surface area contributed by atoms with Crippen molar-refractivity contribution < 1.29 is 9.59 Å². The molecule has 0 aromatic rings. The number of likely N-dealkylation sites (tertiary alicyclic amines) is 1. The molecule has 1 saturated carbocycles. The second kappa shape index (κ2) is 5.93. The van der Waals surface area contributed by atoms with Gasteiger partial charge in [-0.25, -0.2) is 0 Å². The van der Waals surface area contributed by atoms with E-state index in [1.165, 1.54) is 19.3 Å². The Morgan fingerprint density at radius 3 is 2.58 bits per heavy atom. The average molecular weight is 266 g/mol. The molecule has 108 valence electrons. The Hall–Kier alpha value is -1.06. The van der Waals surface area contributed by atoms with Crippen LogP contribution < -0.4 is 5.32 Å². The molecule has 0 unspecified atom stereocenters. The van der Waals surface area contributed by atoms with Crippen molar-refractivity contribution in [2.45, 2.75) is 65.0 Å². The van der Waals surface area contributed by atoms with E-state index in [-0.39, 0.29) is 23.8 Å². The predicted octanol–water partition coefficient (Wildman–Crippen LogP) is 1.94. The van der Waals surface area contributed by atoms with E-state index < -0.39 is 0 Å². The Kier molecular flexibility index (Phi) is 4.48. The Bertz CT molecular complexity index is 354. The van der Waals surface area contributed by atoms with Crippen molar-refractivity contribution in [3.8, 4) is 0 Å². The molecule has 2 rings (SSSR count). The number of nitrogens with zero attached hydrogens (tertiary/aromatic N) is 1. The minimum Gasteiger partial charge on any atom is -0.353 e. The molecular formula is C15H26N2O2. The van der Waals surface area contributed by atoms with Gasteiger partial charge < -0.3 is 10.2 Å². The summed E-state index contributed by atoms with van der Waals surface area (Å²) in [6, 6.07) is 0.503.